The van der Waals surface area contributed by atoms with E-state index in [0.717, 1.165) is 18.9 Å². The lowest BCUT2D eigenvalue weighted by Gasteiger charge is -2.27. The lowest BCUT2D eigenvalue weighted by atomic mass is 10.0. The standard InChI is InChI=1S/C22H27N3O6/c1-28-18-6-4-15(12-19(18)29-2)17(13-21(26)30-3)24-22(27)16-5-7-20(23-14-16)25-8-10-31-11-9-25/h4-7,12,14,17H,8-11,13H2,1-3H3,(H,24,27). The Balaban J connectivity index is 1.77. The van der Waals surface area contributed by atoms with Crippen LogP contribution < -0.4 is 19.7 Å². The maximum atomic E-state index is 12.9. The van der Waals surface area contributed by atoms with Crippen molar-refractivity contribution in [3.63, 3.8) is 0 Å². The normalized spacial score (nSPS) is 14.5. The van der Waals surface area contributed by atoms with Crippen LogP contribution in [0.3, 0.4) is 0 Å². The summed E-state index contributed by atoms with van der Waals surface area (Å²) in [5.41, 5.74) is 1.08. The van der Waals surface area contributed by atoms with E-state index in [4.69, 9.17) is 18.9 Å². The van der Waals surface area contributed by atoms with E-state index in [1.54, 1.807) is 31.4 Å². The number of rotatable bonds is 8. The minimum atomic E-state index is -0.612. The smallest absolute Gasteiger partial charge is 0.307 e. The summed E-state index contributed by atoms with van der Waals surface area (Å²) < 4.78 is 20.8. The van der Waals surface area contributed by atoms with Crippen LogP contribution >= 0.6 is 0 Å². The highest BCUT2D eigenvalue weighted by atomic mass is 16.5. The van der Waals surface area contributed by atoms with Crippen molar-refractivity contribution in [2.45, 2.75) is 12.5 Å². The number of hydrogen-bond donors (Lipinski definition) is 1. The minimum Gasteiger partial charge on any atom is -0.493 e. The first-order valence-corrected chi connectivity index (χ1v) is 9.94. The number of nitrogens with one attached hydrogen (secondary N) is 1. The van der Waals surface area contributed by atoms with Crippen LogP contribution in [0.5, 0.6) is 11.5 Å². The average molecular weight is 429 g/mol. The predicted molar refractivity (Wildman–Crippen MR) is 114 cm³/mol. The van der Waals surface area contributed by atoms with Gasteiger partial charge in [-0.05, 0) is 29.8 Å². The highest BCUT2D eigenvalue weighted by Gasteiger charge is 2.22. The fraction of sp³-hybridized carbons (Fsp3) is 0.409. The summed E-state index contributed by atoms with van der Waals surface area (Å²) >= 11 is 0. The van der Waals surface area contributed by atoms with Crippen molar-refractivity contribution in [2.24, 2.45) is 0 Å². The maximum absolute atomic E-state index is 12.9. The number of nitrogens with zero attached hydrogens (tertiary/aromatic N) is 2. The van der Waals surface area contributed by atoms with Crippen LogP contribution in [0.1, 0.15) is 28.4 Å². The second kappa shape index (κ2) is 10.6. The minimum absolute atomic E-state index is 0.0307. The van der Waals surface area contributed by atoms with Crippen LogP contribution in [-0.4, -0.2) is 64.5 Å². The zero-order valence-corrected chi connectivity index (χ0v) is 17.9. The Morgan fingerprint density at radius 3 is 2.45 bits per heavy atom. The first-order chi connectivity index (χ1) is 15.0. The van der Waals surface area contributed by atoms with Gasteiger partial charge in [0.1, 0.15) is 5.82 Å². The molecule has 0 bridgehead atoms. The number of pyridine rings is 1. The van der Waals surface area contributed by atoms with Gasteiger partial charge in [-0.15, -0.1) is 0 Å². The largest absolute Gasteiger partial charge is 0.493 e. The number of aromatic nitrogens is 1. The number of morpholine rings is 1. The molecule has 1 atom stereocenters. The summed E-state index contributed by atoms with van der Waals surface area (Å²) in [6.07, 6.45) is 1.50. The van der Waals surface area contributed by atoms with Gasteiger partial charge in [0.25, 0.3) is 5.91 Å². The molecule has 2 heterocycles. The highest BCUT2D eigenvalue weighted by molar-refractivity contribution is 5.94. The van der Waals surface area contributed by atoms with E-state index in [2.05, 4.69) is 15.2 Å². The summed E-state index contributed by atoms with van der Waals surface area (Å²) in [6.45, 7) is 2.84. The molecule has 1 aromatic carbocycles. The van der Waals surface area contributed by atoms with Gasteiger partial charge in [0, 0.05) is 19.3 Å². The molecule has 166 valence electrons. The lowest BCUT2D eigenvalue weighted by molar-refractivity contribution is -0.141. The Labute approximate surface area is 181 Å². The van der Waals surface area contributed by atoms with E-state index in [0.29, 0.717) is 35.8 Å². The summed E-state index contributed by atoms with van der Waals surface area (Å²) in [5.74, 6) is 1.06. The fourth-order valence-corrected chi connectivity index (χ4v) is 3.31. The third-order valence-corrected chi connectivity index (χ3v) is 5.06. The topological polar surface area (TPSA) is 99.2 Å². The molecule has 1 aliphatic heterocycles. The third kappa shape index (κ3) is 5.64. The van der Waals surface area contributed by atoms with Crippen molar-refractivity contribution in [3.8, 4) is 11.5 Å². The fourth-order valence-electron chi connectivity index (χ4n) is 3.31. The number of esters is 1. The Kier molecular flexibility index (Phi) is 7.66. The molecular weight excluding hydrogens is 402 g/mol. The molecule has 1 aromatic heterocycles. The van der Waals surface area contributed by atoms with Crippen molar-refractivity contribution in [1.29, 1.82) is 0 Å². The van der Waals surface area contributed by atoms with Gasteiger partial charge in [-0.1, -0.05) is 6.07 Å². The van der Waals surface area contributed by atoms with Crippen molar-refractivity contribution >= 4 is 17.7 Å². The number of hydrogen-bond acceptors (Lipinski definition) is 8. The molecule has 1 saturated heterocycles. The van der Waals surface area contributed by atoms with Crippen molar-refractivity contribution in [3.05, 3.63) is 47.7 Å². The van der Waals surface area contributed by atoms with Gasteiger partial charge in [0.05, 0.1) is 52.6 Å². The van der Waals surface area contributed by atoms with Crippen LogP contribution in [0, 0.1) is 0 Å². The van der Waals surface area contributed by atoms with E-state index in [9.17, 15) is 9.59 Å². The van der Waals surface area contributed by atoms with Crippen LogP contribution in [0.15, 0.2) is 36.5 Å². The van der Waals surface area contributed by atoms with Crippen LogP contribution in [0.2, 0.25) is 0 Å². The molecule has 0 aliphatic carbocycles. The molecular formula is C22H27N3O6. The summed E-state index contributed by atoms with van der Waals surface area (Å²) in [4.78, 5) is 31.3. The van der Waals surface area contributed by atoms with Gasteiger partial charge < -0.3 is 29.2 Å². The van der Waals surface area contributed by atoms with E-state index in [1.807, 2.05) is 6.07 Å². The lowest BCUT2D eigenvalue weighted by Crippen LogP contribution is -2.36. The van der Waals surface area contributed by atoms with Crippen LogP contribution in [-0.2, 0) is 14.3 Å². The molecule has 0 saturated carbocycles. The molecule has 3 rings (SSSR count). The third-order valence-electron chi connectivity index (χ3n) is 5.06. The second-order valence-corrected chi connectivity index (χ2v) is 6.93. The SMILES string of the molecule is COC(=O)CC(NC(=O)c1ccc(N2CCOCC2)nc1)c1ccc(OC)c(OC)c1. The Morgan fingerprint density at radius 2 is 1.84 bits per heavy atom. The number of benzene rings is 1. The molecule has 0 spiro atoms. The molecule has 9 heteroatoms. The average Bonchev–Trinajstić information content (AvgIpc) is 2.83. The van der Waals surface area contributed by atoms with Gasteiger partial charge in [0.2, 0.25) is 0 Å². The highest BCUT2D eigenvalue weighted by Crippen LogP contribution is 2.31. The molecule has 0 radical (unpaired) electrons. The number of carbonyl (C=O) groups excluding carboxylic acids is 2. The van der Waals surface area contributed by atoms with Crippen molar-refractivity contribution in [1.82, 2.24) is 10.3 Å². The Hall–Kier alpha value is -3.33. The molecule has 1 fully saturated rings. The Bertz CT molecular complexity index is 897. The van der Waals surface area contributed by atoms with Gasteiger partial charge in [0.15, 0.2) is 11.5 Å². The van der Waals surface area contributed by atoms with Gasteiger partial charge in [-0.3, -0.25) is 9.59 Å². The van der Waals surface area contributed by atoms with Crippen LogP contribution in [0.25, 0.3) is 0 Å². The van der Waals surface area contributed by atoms with Gasteiger partial charge in [-0.25, -0.2) is 4.98 Å². The molecule has 9 nitrogen and oxygen atoms in total. The monoisotopic (exact) mass is 429 g/mol. The molecule has 1 aliphatic rings. The first-order valence-electron chi connectivity index (χ1n) is 9.94. The zero-order chi connectivity index (χ0) is 22.2. The van der Waals surface area contributed by atoms with Crippen molar-refractivity contribution in [2.75, 3.05) is 52.5 Å². The first kappa shape index (κ1) is 22.4. The zero-order valence-electron chi connectivity index (χ0n) is 17.9. The van der Waals surface area contributed by atoms with Gasteiger partial charge >= 0.3 is 5.97 Å². The molecule has 1 N–H and O–H groups in total. The van der Waals surface area contributed by atoms with E-state index >= 15 is 0 Å². The second-order valence-electron chi connectivity index (χ2n) is 6.93. The Morgan fingerprint density at radius 1 is 1.10 bits per heavy atom. The van der Waals surface area contributed by atoms with E-state index in [1.165, 1.54) is 20.4 Å². The molecule has 1 amide bonds. The summed E-state index contributed by atoms with van der Waals surface area (Å²) in [7, 11) is 4.38. The number of methoxy groups -OCH3 is 3. The number of carbonyl (C=O) groups is 2. The molecule has 2 aromatic rings. The quantitative estimate of drug-likeness (QED) is 0.636. The maximum Gasteiger partial charge on any atom is 0.307 e. The summed E-state index contributed by atoms with van der Waals surface area (Å²) in [5, 5.41) is 2.89. The molecule has 1 unspecified atom stereocenters. The van der Waals surface area contributed by atoms with E-state index in [-0.39, 0.29) is 12.3 Å². The van der Waals surface area contributed by atoms with Crippen molar-refractivity contribution < 1.29 is 28.5 Å². The predicted octanol–water partition coefficient (Wildman–Crippen LogP) is 1.97. The number of amides is 1. The number of ether oxygens (including phenoxy) is 4. The van der Waals surface area contributed by atoms with Gasteiger partial charge in [-0.2, -0.15) is 0 Å². The van der Waals surface area contributed by atoms with E-state index < -0.39 is 12.0 Å². The molecule has 31 heavy (non-hydrogen) atoms. The summed E-state index contributed by atoms with van der Waals surface area (Å²) in [6, 6.07) is 8.15. The number of anilines is 1. The van der Waals surface area contributed by atoms with Crippen LogP contribution in [0.4, 0.5) is 5.82 Å².